The average molecular weight is 364 g/mol. The number of hydrogen-bond donors (Lipinski definition) is 2. The molecule has 8 heteroatoms. The molecule has 0 aliphatic rings. The van der Waals surface area contributed by atoms with E-state index in [9.17, 15) is 22.8 Å². The average Bonchev–Trinajstić information content (AvgIpc) is 2.61. The lowest BCUT2D eigenvalue weighted by atomic mass is 10.2. The molecule has 0 aliphatic carbocycles. The molecule has 136 valence electrons. The van der Waals surface area contributed by atoms with E-state index in [2.05, 4.69) is 5.32 Å². The first-order chi connectivity index (χ1) is 12.3. The summed E-state index contributed by atoms with van der Waals surface area (Å²) in [4.78, 5) is 22.7. The van der Waals surface area contributed by atoms with E-state index in [4.69, 9.17) is 4.74 Å². The van der Waals surface area contributed by atoms with E-state index in [-0.39, 0.29) is 5.69 Å². The number of halogens is 3. The van der Waals surface area contributed by atoms with E-state index in [1.807, 2.05) is 0 Å². The number of carbonyl (C=O) groups is 2. The highest BCUT2D eigenvalue weighted by atomic mass is 19.4. The van der Waals surface area contributed by atoms with Crippen LogP contribution in [-0.2, 0) is 9.59 Å². The van der Waals surface area contributed by atoms with Crippen molar-refractivity contribution in [1.82, 2.24) is 0 Å². The van der Waals surface area contributed by atoms with E-state index >= 15 is 0 Å². The molecule has 2 aromatic carbocycles. The molecule has 0 fully saturated rings. The second-order valence-corrected chi connectivity index (χ2v) is 5.13. The smallest absolute Gasteiger partial charge is 0.471 e. The first kappa shape index (κ1) is 19.0. The first-order valence-corrected chi connectivity index (χ1v) is 7.39. The van der Waals surface area contributed by atoms with E-state index < -0.39 is 18.0 Å². The molecule has 0 bridgehead atoms. The summed E-state index contributed by atoms with van der Waals surface area (Å²) in [5.74, 6) is -1.82. The van der Waals surface area contributed by atoms with Crippen molar-refractivity contribution >= 4 is 29.3 Å². The number of alkyl halides is 3. The molecule has 2 amide bonds. The number of methoxy groups -OCH3 is 1. The lowest BCUT2D eigenvalue weighted by molar-refractivity contribution is -0.167. The fourth-order valence-corrected chi connectivity index (χ4v) is 1.94. The SMILES string of the molecule is COc1cccc(/C=C/C(=O)Nc2ccc(NC(=O)C(F)(F)F)cc2)c1. The van der Waals surface area contributed by atoms with Gasteiger partial charge in [0.25, 0.3) is 0 Å². The summed E-state index contributed by atoms with van der Waals surface area (Å²) < 4.78 is 41.6. The van der Waals surface area contributed by atoms with E-state index in [1.165, 1.54) is 37.5 Å². The van der Waals surface area contributed by atoms with Crippen molar-refractivity contribution in [3.05, 3.63) is 60.2 Å². The van der Waals surface area contributed by atoms with Gasteiger partial charge in [-0.2, -0.15) is 13.2 Å². The Morgan fingerprint density at radius 3 is 2.19 bits per heavy atom. The van der Waals surface area contributed by atoms with E-state index in [0.29, 0.717) is 11.4 Å². The topological polar surface area (TPSA) is 67.4 Å². The minimum absolute atomic E-state index is 0.0303. The third kappa shape index (κ3) is 5.66. The largest absolute Gasteiger partial charge is 0.497 e. The van der Waals surface area contributed by atoms with Crippen LogP contribution < -0.4 is 15.4 Å². The van der Waals surface area contributed by atoms with Crippen molar-refractivity contribution in [2.45, 2.75) is 6.18 Å². The Balaban J connectivity index is 1.94. The fourth-order valence-electron chi connectivity index (χ4n) is 1.94. The number of anilines is 2. The number of amides is 2. The monoisotopic (exact) mass is 364 g/mol. The predicted octanol–water partition coefficient (Wildman–Crippen LogP) is 3.85. The van der Waals surface area contributed by atoms with Crippen LogP contribution >= 0.6 is 0 Å². The molecule has 0 aromatic heterocycles. The third-order valence-electron chi connectivity index (χ3n) is 3.19. The molecule has 2 rings (SSSR count). The van der Waals surface area contributed by atoms with Gasteiger partial charge in [-0.1, -0.05) is 12.1 Å². The van der Waals surface area contributed by atoms with Crippen LogP contribution in [0, 0.1) is 0 Å². The van der Waals surface area contributed by atoms with Crippen molar-refractivity contribution in [1.29, 1.82) is 0 Å². The van der Waals surface area contributed by atoms with Crippen LogP contribution in [0.2, 0.25) is 0 Å². The summed E-state index contributed by atoms with van der Waals surface area (Å²) >= 11 is 0. The quantitative estimate of drug-likeness (QED) is 0.792. The van der Waals surface area contributed by atoms with Crippen molar-refractivity contribution in [3.8, 4) is 5.75 Å². The normalized spacial score (nSPS) is 11.2. The van der Waals surface area contributed by atoms with Crippen LogP contribution in [0.1, 0.15) is 5.56 Å². The van der Waals surface area contributed by atoms with Gasteiger partial charge in [-0.25, -0.2) is 0 Å². The summed E-state index contributed by atoms with van der Waals surface area (Å²) in [6.07, 6.45) is -2.05. The summed E-state index contributed by atoms with van der Waals surface area (Å²) in [5.41, 5.74) is 1.11. The number of benzene rings is 2. The van der Waals surface area contributed by atoms with E-state index in [0.717, 1.165) is 5.56 Å². The Kier molecular flexibility index (Phi) is 6.00. The standard InChI is InChI=1S/C18H15F3N2O3/c1-26-15-4-2-3-12(11-15)5-10-16(24)22-13-6-8-14(9-7-13)23-17(25)18(19,20)21/h2-11H,1H3,(H,22,24)(H,23,25)/b10-5+. The van der Waals surface area contributed by atoms with Gasteiger partial charge in [0, 0.05) is 17.5 Å². The van der Waals surface area contributed by atoms with Gasteiger partial charge < -0.3 is 15.4 Å². The van der Waals surface area contributed by atoms with Crippen LogP contribution in [0.5, 0.6) is 5.75 Å². The van der Waals surface area contributed by atoms with Crippen molar-refractivity contribution < 1.29 is 27.5 Å². The Morgan fingerprint density at radius 1 is 1.00 bits per heavy atom. The molecule has 0 saturated heterocycles. The summed E-state index contributed by atoms with van der Waals surface area (Å²) in [6, 6.07) is 12.4. The number of ether oxygens (including phenoxy) is 1. The second kappa shape index (κ2) is 8.19. The maximum atomic E-state index is 12.2. The molecular formula is C18H15F3N2O3. The summed E-state index contributed by atoms with van der Waals surface area (Å²) in [7, 11) is 1.54. The zero-order valence-corrected chi connectivity index (χ0v) is 13.6. The van der Waals surface area contributed by atoms with Gasteiger partial charge in [0.2, 0.25) is 5.91 Å². The van der Waals surface area contributed by atoms with Crippen LogP contribution in [0.4, 0.5) is 24.5 Å². The molecule has 5 nitrogen and oxygen atoms in total. The fraction of sp³-hybridized carbons (Fsp3) is 0.111. The van der Waals surface area contributed by atoms with Crippen molar-refractivity contribution in [2.24, 2.45) is 0 Å². The molecular weight excluding hydrogens is 349 g/mol. The van der Waals surface area contributed by atoms with Gasteiger partial charge in [0.05, 0.1) is 7.11 Å². The molecule has 26 heavy (non-hydrogen) atoms. The first-order valence-electron chi connectivity index (χ1n) is 7.39. The summed E-state index contributed by atoms with van der Waals surface area (Å²) in [5, 5.41) is 4.28. The molecule has 0 unspecified atom stereocenters. The van der Waals surface area contributed by atoms with Crippen LogP contribution in [0.15, 0.2) is 54.6 Å². The number of carbonyl (C=O) groups excluding carboxylic acids is 2. The van der Waals surface area contributed by atoms with Crippen molar-refractivity contribution in [3.63, 3.8) is 0 Å². The Hall–Kier alpha value is -3.29. The minimum atomic E-state index is -4.96. The van der Waals surface area contributed by atoms with Gasteiger partial charge >= 0.3 is 12.1 Å². The highest BCUT2D eigenvalue weighted by molar-refractivity contribution is 6.02. The zero-order valence-electron chi connectivity index (χ0n) is 13.6. The van der Waals surface area contributed by atoms with Gasteiger partial charge in [-0.05, 0) is 48.0 Å². The molecule has 2 N–H and O–H groups in total. The highest BCUT2D eigenvalue weighted by Crippen LogP contribution is 2.20. The van der Waals surface area contributed by atoms with Crippen molar-refractivity contribution in [2.75, 3.05) is 17.7 Å². The number of hydrogen-bond acceptors (Lipinski definition) is 3. The number of nitrogens with one attached hydrogen (secondary N) is 2. The molecule has 0 saturated carbocycles. The molecule has 2 aromatic rings. The van der Waals surface area contributed by atoms with Gasteiger partial charge in [0.15, 0.2) is 0 Å². The Morgan fingerprint density at radius 2 is 1.62 bits per heavy atom. The van der Waals surface area contributed by atoms with Gasteiger partial charge in [0.1, 0.15) is 5.75 Å². The maximum Gasteiger partial charge on any atom is 0.471 e. The summed E-state index contributed by atoms with van der Waals surface area (Å²) in [6.45, 7) is 0. The predicted molar refractivity (Wildman–Crippen MR) is 91.8 cm³/mol. The third-order valence-corrected chi connectivity index (χ3v) is 3.19. The highest BCUT2D eigenvalue weighted by Gasteiger charge is 2.38. The maximum absolute atomic E-state index is 12.2. The molecule has 0 radical (unpaired) electrons. The number of rotatable bonds is 5. The Bertz CT molecular complexity index is 815. The zero-order chi connectivity index (χ0) is 19.2. The lowest BCUT2D eigenvalue weighted by Gasteiger charge is -2.08. The van der Waals surface area contributed by atoms with Gasteiger partial charge in [-0.15, -0.1) is 0 Å². The second-order valence-electron chi connectivity index (χ2n) is 5.13. The van der Waals surface area contributed by atoms with E-state index in [1.54, 1.807) is 35.7 Å². The molecule has 0 aliphatic heterocycles. The van der Waals surface area contributed by atoms with Crippen LogP contribution in [0.3, 0.4) is 0 Å². The molecule has 0 heterocycles. The van der Waals surface area contributed by atoms with Crippen LogP contribution in [0.25, 0.3) is 6.08 Å². The Labute approximate surface area is 147 Å². The molecule has 0 atom stereocenters. The lowest BCUT2D eigenvalue weighted by Crippen LogP contribution is -2.29. The molecule has 0 spiro atoms. The van der Waals surface area contributed by atoms with Gasteiger partial charge in [-0.3, -0.25) is 9.59 Å². The minimum Gasteiger partial charge on any atom is -0.497 e. The van der Waals surface area contributed by atoms with Crippen LogP contribution in [-0.4, -0.2) is 25.1 Å².